The molecule has 2 N–H and O–H groups in total. The van der Waals surface area contributed by atoms with E-state index >= 15 is 0 Å². The number of hydrogen-bond donors (Lipinski definition) is 1. The number of aryl methyl sites for hydroxylation is 1. The molecule has 0 saturated heterocycles. The molecule has 88 valence electrons. The molecule has 2 aromatic rings. The average molecular weight is 246 g/mol. The fourth-order valence-corrected chi connectivity index (χ4v) is 2.29. The topological polar surface area (TPSA) is 26.0 Å². The van der Waals surface area contributed by atoms with Gasteiger partial charge in [-0.1, -0.05) is 54.1 Å². The first-order valence-corrected chi connectivity index (χ1v) is 6.10. The Morgan fingerprint density at radius 2 is 1.82 bits per heavy atom. The van der Waals surface area contributed by atoms with Gasteiger partial charge in [-0.2, -0.15) is 0 Å². The number of nitrogens with two attached hydrogens (primary N) is 1. The SMILES string of the molecule is Cc1ccc(C(N)Cc2ccccc2)c(Cl)c1. The van der Waals surface area contributed by atoms with E-state index < -0.39 is 0 Å². The first-order chi connectivity index (χ1) is 8.16. The largest absolute Gasteiger partial charge is 0.324 e. The summed E-state index contributed by atoms with van der Waals surface area (Å²) in [7, 11) is 0. The summed E-state index contributed by atoms with van der Waals surface area (Å²) in [4.78, 5) is 0. The predicted octanol–water partition coefficient (Wildman–Crippen LogP) is 3.89. The number of halogens is 1. The minimum atomic E-state index is -0.0505. The molecule has 17 heavy (non-hydrogen) atoms. The molecule has 2 rings (SSSR count). The Hall–Kier alpha value is -1.31. The predicted molar refractivity (Wildman–Crippen MR) is 73.3 cm³/mol. The second-order valence-electron chi connectivity index (χ2n) is 4.32. The van der Waals surface area contributed by atoms with Crippen LogP contribution in [0.1, 0.15) is 22.7 Å². The number of benzene rings is 2. The van der Waals surface area contributed by atoms with E-state index in [-0.39, 0.29) is 6.04 Å². The Kier molecular flexibility index (Phi) is 3.82. The van der Waals surface area contributed by atoms with E-state index in [4.69, 9.17) is 17.3 Å². The van der Waals surface area contributed by atoms with Gasteiger partial charge < -0.3 is 5.73 Å². The van der Waals surface area contributed by atoms with Crippen LogP contribution in [-0.4, -0.2) is 0 Å². The molecule has 0 saturated carbocycles. The minimum absolute atomic E-state index is 0.0505. The van der Waals surface area contributed by atoms with Crippen molar-refractivity contribution in [1.29, 1.82) is 0 Å². The van der Waals surface area contributed by atoms with Crippen LogP contribution in [0.3, 0.4) is 0 Å². The average Bonchev–Trinajstić information content (AvgIpc) is 2.30. The molecule has 0 heterocycles. The molecule has 0 fully saturated rings. The van der Waals surface area contributed by atoms with Gasteiger partial charge in [-0.15, -0.1) is 0 Å². The third-order valence-electron chi connectivity index (χ3n) is 2.85. The molecule has 0 amide bonds. The van der Waals surface area contributed by atoms with Crippen molar-refractivity contribution in [2.75, 3.05) is 0 Å². The van der Waals surface area contributed by atoms with Crippen molar-refractivity contribution in [3.05, 3.63) is 70.2 Å². The Labute approximate surface area is 107 Å². The van der Waals surface area contributed by atoms with Gasteiger partial charge in [-0.25, -0.2) is 0 Å². The molecule has 1 atom stereocenters. The molecular formula is C15H16ClN. The summed E-state index contributed by atoms with van der Waals surface area (Å²) in [5, 5.41) is 0.758. The highest BCUT2D eigenvalue weighted by Crippen LogP contribution is 2.25. The van der Waals surface area contributed by atoms with Crippen LogP contribution in [0.5, 0.6) is 0 Å². The Morgan fingerprint density at radius 3 is 2.47 bits per heavy atom. The van der Waals surface area contributed by atoms with Crippen molar-refractivity contribution in [2.45, 2.75) is 19.4 Å². The summed E-state index contributed by atoms with van der Waals surface area (Å²) in [6.07, 6.45) is 0.809. The van der Waals surface area contributed by atoms with Gasteiger partial charge in [-0.05, 0) is 36.1 Å². The fraction of sp³-hybridized carbons (Fsp3) is 0.200. The van der Waals surface area contributed by atoms with Crippen molar-refractivity contribution in [3.63, 3.8) is 0 Å². The molecule has 0 spiro atoms. The fourth-order valence-electron chi connectivity index (χ4n) is 1.91. The van der Waals surface area contributed by atoms with Crippen LogP contribution < -0.4 is 5.73 Å². The summed E-state index contributed by atoms with van der Waals surface area (Å²) in [5.41, 5.74) is 9.60. The van der Waals surface area contributed by atoms with E-state index in [1.165, 1.54) is 5.56 Å². The van der Waals surface area contributed by atoms with Crippen molar-refractivity contribution < 1.29 is 0 Å². The highest BCUT2D eigenvalue weighted by molar-refractivity contribution is 6.31. The zero-order valence-corrected chi connectivity index (χ0v) is 10.6. The lowest BCUT2D eigenvalue weighted by atomic mass is 9.99. The number of hydrogen-bond acceptors (Lipinski definition) is 1. The van der Waals surface area contributed by atoms with Gasteiger partial charge in [0.05, 0.1) is 0 Å². The van der Waals surface area contributed by atoms with Gasteiger partial charge in [-0.3, -0.25) is 0 Å². The first kappa shape index (κ1) is 12.2. The monoisotopic (exact) mass is 245 g/mol. The molecular weight excluding hydrogens is 230 g/mol. The van der Waals surface area contributed by atoms with Crippen molar-refractivity contribution in [1.82, 2.24) is 0 Å². The van der Waals surface area contributed by atoms with Gasteiger partial charge in [0.25, 0.3) is 0 Å². The van der Waals surface area contributed by atoms with Gasteiger partial charge >= 0.3 is 0 Å². The third-order valence-corrected chi connectivity index (χ3v) is 3.18. The van der Waals surface area contributed by atoms with Crippen LogP contribution in [0, 0.1) is 6.92 Å². The van der Waals surface area contributed by atoms with Crippen LogP contribution >= 0.6 is 11.6 Å². The van der Waals surface area contributed by atoms with Crippen LogP contribution in [0.4, 0.5) is 0 Å². The zero-order valence-electron chi connectivity index (χ0n) is 9.86. The molecule has 0 bridgehead atoms. The van der Waals surface area contributed by atoms with Gasteiger partial charge in [0.1, 0.15) is 0 Å². The quantitative estimate of drug-likeness (QED) is 0.872. The summed E-state index contributed by atoms with van der Waals surface area (Å²) in [5.74, 6) is 0. The van der Waals surface area contributed by atoms with E-state index in [0.717, 1.165) is 22.6 Å². The maximum Gasteiger partial charge on any atom is 0.0456 e. The lowest BCUT2D eigenvalue weighted by molar-refractivity contribution is 0.722. The molecule has 0 aliphatic rings. The molecule has 0 aliphatic carbocycles. The lowest BCUT2D eigenvalue weighted by Gasteiger charge is -2.14. The van der Waals surface area contributed by atoms with Crippen LogP contribution in [-0.2, 0) is 6.42 Å². The summed E-state index contributed by atoms with van der Waals surface area (Å²) >= 11 is 6.21. The zero-order chi connectivity index (χ0) is 12.3. The number of rotatable bonds is 3. The summed E-state index contributed by atoms with van der Waals surface area (Å²) in [6.45, 7) is 2.03. The maximum atomic E-state index is 6.21. The Morgan fingerprint density at radius 1 is 1.12 bits per heavy atom. The van der Waals surface area contributed by atoms with Gasteiger partial charge in [0.15, 0.2) is 0 Å². The highest BCUT2D eigenvalue weighted by atomic mass is 35.5. The van der Waals surface area contributed by atoms with Crippen LogP contribution in [0.25, 0.3) is 0 Å². The van der Waals surface area contributed by atoms with E-state index in [1.54, 1.807) is 0 Å². The normalized spacial score (nSPS) is 12.4. The smallest absolute Gasteiger partial charge is 0.0456 e. The summed E-state index contributed by atoms with van der Waals surface area (Å²) < 4.78 is 0. The summed E-state index contributed by atoms with van der Waals surface area (Å²) in [6, 6.07) is 16.2. The standard InChI is InChI=1S/C15H16ClN/c1-11-7-8-13(14(16)9-11)15(17)10-12-5-3-2-4-6-12/h2-9,15H,10,17H2,1H3. The minimum Gasteiger partial charge on any atom is -0.324 e. The second kappa shape index (κ2) is 5.35. The molecule has 1 nitrogen and oxygen atoms in total. The van der Waals surface area contributed by atoms with E-state index in [0.29, 0.717) is 0 Å². The molecule has 2 heteroatoms. The van der Waals surface area contributed by atoms with E-state index in [2.05, 4.69) is 12.1 Å². The second-order valence-corrected chi connectivity index (χ2v) is 4.73. The molecule has 1 unspecified atom stereocenters. The maximum absolute atomic E-state index is 6.21. The van der Waals surface area contributed by atoms with Gasteiger partial charge in [0, 0.05) is 11.1 Å². The molecule has 2 aromatic carbocycles. The Bertz CT molecular complexity index is 494. The van der Waals surface area contributed by atoms with Crippen LogP contribution in [0.15, 0.2) is 48.5 Å². The van der Waals surface area contributed by atoms with Crippen molar-refractivity contribution >= 4 is 11.6 Å². The van der Waals surface area contributed by atoms with E-state index in [9.17, 15) is 0 Å². The van der Waals surface area contributed by atoms with E-state index in [1.807, 2.05) is 43.3 Å². The molecule has 0 aromatic heterocycles. The Balaban J connectivity index is 2.17. The first-order valence-electron chi connectivity index (χ1n) is 5.72. The molecule has 0 aliphatic heterocycles. The van der Waals surface area contributed by atoms with Crippen molar-refractivity contribution in [3.8, 4) is 0 Å². The van der Waals surface area contributed by atoms with Crippen molar-refractivity contribution in [2.24, 2.45) is 5.73 Å². The molecule has 0 radical (unpaired) electrons. The van der Waals surface area contributed by atoms with Gasteiger partial charge in [0.2, 0.25) is 0 Å². The third kappa shape index (κ3) is 3.09. The van der Waals surface area contributed by atoms with Crippen LogP contribution in [0.2, 0.25) is 5.02 Å². The highest BCUT2D eigenvalue weighted by Gasteiger charge is 2.10. The lowest BCUT2D eigenvalue weighted by Crippen LogP contribution is -2.13.